The summed E-state index contributed by atoms with van der Waals surface area (Å²) in [6, 6.07) is 21.5. The van der Waals surface area contributed by atoms with E-state index < -0.39 is 34.1 Å². The zero-order valence-electron chi connectivity index (χ0n) is 25.2. The van der Waals surface area contributed by atoms with Crippen molar-refractivity contribution in [2.24, 2.45) is 0 Å². The van der Waals surface area contributed by atoms with Gasteiger partial charge in [-0.2, -0.15) is 0 Å². The van der Waals surface area contributed by atoms with Crippen LogP contribution in [0.4, 0.5) is 5.69 Å². The standard InChI is InChI=1S/C32H41N3O6S/c1-7-27(31(37)33-32(2,3)4)34(21-20-24-14-10-8-11-15-24)30(36)23-35(42(38,39)26-16-12-9-13-17-26)28-22-25(40-5)18-19-29(28)41-6/h8-19,22,27H,7,20-21,23H2,1-6H3,(H,33,37)/t27-/m0/s1. The van der Waals surface area contributed by atoms with Crippen molar-refractivity contribution in [2.45, 2.75) is 57.0 Å². The third kappa shape index (κ3) is 8.25. The van der Waals surface area contributed by atoms with E-state index >= 15 is 0 Å². The summed E-state index contributed by atoms with van der Waals surface area (Å²) in [5.41, 5.74) is 0.615. The smallest absolute Gasteiger partial charge is 0.264 e. The Bertz CT molecular complexity index is 1440. The van der Waals surface area contributed by atoms with Crippen LogP contribution < -0.4 is 19.1 Å². The van der Waals surface area contributed by atoms with Crippen molar-refractivity contribution in [1.29, 1.82) is 0 Å². The first-order chi connectivity index (χ1) is 19.9. The van der Waals surface area contributed by atoms with E-state index in [-0.39, 0.29) is 28.8 Å². The van der Waals surface area contributed by atoms with Gasteiger partial charge in [0.15, 0.2) is 0 Å². The molecule has 0 bridgehead atoms. The van der Waals surface area contributed by atoms with Gasteiger partial charge in [0, 0.05) is 18.2 Å². The molecule has 0 aliphatic heterocycles. The predicted octanol–water partition coefficient (Wildman–Crippen LogP) is 4.66. The van der Waals surface area contributed by atoms with E-state index in [4.69, 9.17) is 9.47 Å². The average Bonchev–Trinajstić information content (AvgIpc) is 2.97. The molecule has 0 unspecified atom stereocenters. The molecule has 0 spiro atoms. The van der Waals surface area contributed by atoms with Crippen LogP contribution in [0.3, 0.4) is 0 Å². The van der Waals surface area contributed by atoms with Gasteiger partial charge in [-0.3, -0.25) is 13.9 Å². The molecule has 9 nitrogen and oxygen atoms in total. The molecule has 3 rings (SSSR count). The molecule has 1 atom stereocenters. The predicted molar refractivity (Wildman–Crippen MR) is 164 cm³/mol. The number of amides is 2. The number of ether oxygens (including phenoxy) is 2. The van der Waals surface area contributed by atoms with Gasteiger partial charge in [0.05, 0.1) is 24.8 Å². The van der Waals surface area contributed by atoms with Gasteiger partial charge in [0.2, 0.25) is 11.8 Å². The summed E-state index contributed by atoms with van der Waals surface area (Å²) in [6.45, 7) is 7.10. The first-order valence-electron chi connectivity index (χ1n) is 13.9. The van der Waals surface area contributed by atoms with E-state index in [0.717, 1.165) is 9.87 Å². The molecule has 3 aromatic carbocycles. The molecule has 2 amide bonds. The van der Waals surface area contributed by atoms with Crippen LogP contribution >= 0.6 is 0 Å². The number of nitrogens with zero attached hydrogens (tertiary/aromatic N) is 2. The maximum Gasteiger partial charge on any atom is 0.264 e. The van der Waals surface area contributed by atoms with Crippen molar-refractivity contribution in [1.82, 2.24) is 10.2 Å². The van der Waals surface area contributed by atoms with Gasteiger partial charge >= 0.3 is 0 Å². The second-order valence-corrected chi connectivity index (χ2v) is 12.7. The lowest BCUT2D eigenvalue weighted by Gasteiger charge is -2.35. The number of hydrogen-bond acceptors (Lipinski definition) is 6. The SMILES string of the molecule is CC[C@@H](C(=O)NC(C)(C)C)N(CCc1ccccc1)C(=O)CN(c1cc(OC)ccc1OC)S(=O)(=O)c1ccccc1. The Kier molecular flexibility index (Phi) is 11.0. The van der Waals surface area contributed by atoms with E-state index in [1.807, 2.05) is 58.0 Å². The van der Waals surface area contributed by atoms with Crippen molar-refractivity contribution in [3.8, 4) is 11.5 Å². The topological polar surface area (TPSA) is 105 Å². The second-order valence-electron chi connectivity index (χ2n) is 10.8. The molecule has 3 aromatic rings. The number of carbonyl (C=O) groups excluding carboxylic acids is 2. The van der Waals surface area contributed by atoms with Crippen LogP contribution in [0.1, 0.15) is 39.7 Å². The van der Waals surface area contributed by atoms with Gasteiger partial charge in [-0.1, -0.05) is 55.5 Å². The summed E-state index contributed by atoms with van der Waals surface area (Å²) >= 11 is 0. The lowest BCUT2D eigenvalue weighted by molar-refractivity contribution is -0.140. The molecule has 0 fully saturated rings. The molecule has 0 heterocycles. The van der Waals surface area contributed by atoms with Crippen LogP contribution in [-0.4, -0.2) is 64.0 Å². The normalized spacial score (nSPS) is 12.2. The van der Waals surface area contributed by atoms with Crippen LogP contribution in [0.25, 0.3) is 0 Å². The molecular formula is C32H41N3O6S. The molecule has 0 radical (unpaired) electrons. The number of hydrogen-bond donors (Lipinski definition) is 1. The number of carbonyl (C=O) groups is 2. The highest BCUT2D eigenvalue weighted by Crippen LogP contribution is 2.36. The quantitative estimate of drug-likeness (QED) is 0.308. The number of nitrogens with one attached hydrogen (secondary N) is 1. The Morgan fingerprint density at radius 1 is 0.905 bits per heavy atom. The lowest BCUT2D eigenvalue weighted by atomic mass is 10.1. The second kappa shape index (κ2) is 14.2. The Labute approximate surface area is 249 Å². The monoisotopic (exact) mass is 595 g/mol. The number of anilines is 1. The Morgan fingerprint density at radius 3 is 2.07 bits per heavy atom. The van der Waals surface area contributed by atoms with Crippen LogP contribution in [0, 0.1) is 0 Å². The highest BCUT2D eigenvalue weighted by atomic mass is 32.2. The van der Waals surface area contributed by atoms with Crippen LogP contribution in [0.2, 0.25) is 0 Å². The molecule has 0 saturated heterocycles. The number of benzene rings is 3. The number of rotatable bonds is 13. The highest BCUT2D eigenvalue weighted by Gasteiger charge is 2.35. The Morgan fingerprint density at radius 2 is 1.52 bits per heavy atom. The maximum atomic E-state index is 14.2. The van der Waals surface area contributed by atoms with E-state index in [0.29, 0.717) is 18.6 Å². The third-order valence-electron chi connectivity index (χ3n) is 6.63. The Balaban J connectivity index is 2.10. The minimum absolute atomic E-state index is 0.0102. The van der Waals surface area contributed by atoms with Crippen LogP contribution in [0.15, 0.2) is 83.8 Å². The summed E-state index contributed by atoms with van der Waals surface area (Å²) in [6.07, 6.45) is 0.830. The molecule has 10 heteroatoms. The minimum Gasteiger partial charge on any atom is -0.497 e. The first kappa shape index (κ1) is 32.5. The zero-order chi connectivity index (χ0) is 30.9. The molecular weight excluding hydrogens is 554 g/mol. The van der Waals surface area contributed by atoms with Crippen molar-refractivity contribution in [3.63, 3.8) is 0 Å². The maximum absolute atomic E-state index is 14.2. The summed E-state index contributed by atoms with van der Waals surface area (Å²) in [5.74, 6) is -0.186. The minimum atomic E-state index is -4.24. The van der Waals surface area contributed by atoms with E-state index in [2.05, 4.69) is 5.32 Å². The molecule has 42 heavy (non-hydrogen) atoms. The lowest BCUT2D eigenvalue weighted by Crippen LogP contribution is -2.56. The number of methoxy groups -OCH3 is 2. The van der Waals surface area contributed by atoms with E-state index in [9.17, 15) is 18.0 Å². The molecule has 1 N–H and O–H groups in total. The first-order valence-corrected chi connectivity index (χ1v) is 15.3. The van der Waals surface area contributed by atoms with Crippen molar-refractivity contribution in [3.05, 3.63) is 84.4 Å². The summed E-state index contributed by atoms with van der Waals surface area (Å²) in [4.78, 5) is 29.1. The van der Waals surface area contributed by atoms with Gasteiger partial charge in [0.25, 0.3) is 10.0 Å². The fraction of sp³-hybridized carbons (Fsp3) is 0.375. The van der Waals surface area contributed by atoms with E-state index in [1.165, 1.54) is 37.3 Å². The van der Waals surface area contributed by atoms with Gasteiger partial charge < -0.3 is 19.7 Å². The number of sulfonamides is 1. The van der Waals surface area contributed by atoms with Gasteiger partial charge in [-0.15, -0.1) is 0 Å². The van der Waals surface area contributed by atoms with Gasteiger partial charge in [-0.25, -0.2) is 8.42 Å². The highest BCUT2D eigenvalue weighted by molar-refractivity contribution is 7.92. The molecule has 226 valence electrons. The molecule has 0 aliphatic carbocycles. The van der Waals surface area contributed by atoms with Crippen LogP contribution in [0.5, 0.6) is 11.5 Å². The zero-order valence-corrected chi connectivity index (χ0v) is 26.0. The van der Waals surface area contributed by atoms with Crippen LogP contribution in [-0.2, 0) is 26.0 Å². The average molecular weight is 596 g/mol. The van der Waals surface area contributed by atoms with E-state index in [1.54, 1.807) is 30.3 Å². The third-order valence-corrected chi connectivity index (χ3v) is 8.41. The molecule has 0 saturated carbocycles. The summed E-state index contributed by atoms with van der Waals surface area (Å²) in [7, 11) is -1.34. The summed E-state index contributed by atoms with van der Waals surface area (Å²) < 4.78 is 40.1. The molecule has 0 aliphatic rings. The van der Waals surface area contributed by atoms with Crippen molar-refractivity contribution in [2.75, 3.05) is 31.6 Å². The summed E-state index contributed by atoms with van der Waals surface area (Å²) in [5, 5.41) is 2.98. The largest absolute Gasteiger partial charge is 0.497 e. The molecule has 0 aromatic heterocycles. The van der Waals surface area contributed by atoms with Gasteiger partial charge in [-0.05, 0) is 63.4 Å². The fourth-order valence-corrected chi connectivity index (χ4v) is 6.01. The van der Waals surface area contributed by atoms with Crippen molar-refractivity contribution >= 4 is 27.5 Å². The van der Waals surface area contributed by atoms with Crippen molar-refractivity contribution < 1.29 is 27.5 Å². The Hall–Kier alpha value is -4.05. The fourth-order valence-electron chi connectivity index (χ4n) is 4.57. The van der Waals surface area contributed by atoms with Gasteiger partial charge in [0.1, 0.15) is 24.1 Å².